The number of carbonyl (C=O) groups excluding carboxylic acids is 2. The number of dihydropyridines is 1. The van der Waals surface area contributed by atoms with Gasteiger partial charge in [0.25, 0.3) is 5.91 Å². The monoisotopic (exact) mass is 601 g/mol. The van der Waals surface area contributed by atoms with Gasteiger partial charge >= 0.3 is 6.18 Å². The molecule has 3 atom stereocenters. The van der Waals surface area contributed by atoms with Crippen LogP contribution < -0.4 is 10.2 Å². The number of hydrogen-bond acceptors (Lipinski definition) is 6. The Morgan fingerprint density at radius 1 is 1.09 bits per heavy atom. The maximum atomic E-state index is 15.9. The van der Waals surface area contributed by atoms with Gasteiger partial charge in [-0.15, -0.1) is 0 Å². The van der Waals surface area contributed by atoms with E-state index >= 15 is 4.39 Å². The van der Waals surface area contributed by atoms with Crippen molar-refractivity contribution in [1.82, 2.24) is 9.80 Å². The van der Waals surface area contributed by atoms with Gasteiger partial charge in [-0.3, -0.25) is 19.4 Å². The molecule has 3 heterocycles. The Bertz CT molecular complexity index is 1420. The quantitative estimate of drug-likeness (QED) is 0.492. The molecule has 2 aromatic carbocycles. The predicted molar refractivity (Wildman–Crippen MR) is 157 cm³/mol. The maximum Gasteiger partial charge on any atom is 0.414 e. The summed E-state index contributed by atoms with van der Waals surface area (Å²) in [5.74, 6) is -4.45. The Morgan fingerprint density at radius 3 is 2.47 bits per heavy atom. The summed E-state index contributed by atoms with van der Waals surface area (Å²) in [5.41, 5.74) is 0.996. The number of likely N-dealkylation sites (N-methyl/N-ethyl adjacent to an activating group) is 1. The number of ether oxygens (including phenoxy) is 1. The first kappa shape index (κ1) is 30.8. The van der Waals surface area contributed by atoms with Gasteiger partial charge in [0, 0.05) is 62.7 Å². The fourth-order valence-electron chi connectivity index (χ4n) is 5.77. The molecule has 43 heavy (non-hydrogen) atoms. The highest BCUT2D eigenvalue weighted by molar-refractivity contribution is 6.11. The lowest BCUT2D eigenvalue weighted by Gasteiger charge is -2.44. The minimum atomic E-state index is -4.91. The van der Waals surface area contributed by atoms with Gasteiger partial charge in [-0.2, -0.15) is 13.2 Å². The van der Waals surface area contributed by atoms with Crippen molar-refractivity contribution in [1.29, 1.82) is 0 Å². The fourth-order valence-corrected chi connectivity index (χ4v) is 5.77. The maximum absolute atomic E-state index is 15.9. The van der Waals surface area contributed by atoms with E-state index in [1.807, 2.05) is 44.0 Å². The number of benzene rings is 2. The first-order chi connectivity index (χ1) is 20.4. The zero-order valence-electron chi connectivity index (χ0n) is 24.3. The van der Waals surface area contributed by atoms with Crippen molar-refractivity contribution >= 4 is 29.4 Å². The summed E-state index contributed by atoms with van der Waals surface area (Å²) in [6.07, 6.45) is -3.87. The summed E-state index contributed by atoms with van der Waals surface area (Å²) in [6, 6.07) is 10.4. The largest absolute Gasteiger partial charge is 0.414 e. The molecular weight excluding hydrogens is 566 g/mol. The van der Waals surface area contributed by atoms with Gasteiger partial charge in [0.15, 0.2) is 0 Å². The second-order valence-electron chi connectivity index (χ2n) is 11.4. The molecule has 1 N–H and O–H groups in total. The molecule has 0 saturated carbocycles. The third-order valence-electron chi connectivity index (χ3n) is 8.37. The lowest BCUT2D eigenvalue weighted by molar-refractivity contribution is -0.124. The Labute approximate surface area is 248 Å². The first-order valence-electron chi connectivity index (χ1n) is 14.3. The molecular formula is C31H35F4N5O3. The van der Waals surface area contributed by atoms with Gasteiger partial charge < -0.3 is 15.0 Å². The average molecular weight is 602 g/mol. The van der Waals surface area contributed by atoms with Crippen molar-refractivity contribution in [2.24, 2.45) is 10.9 Å². The van der Waals surface area contributed by atoms with E-state index in [-0.39, 0.29) is 23.3 Å². The molecule has 0 aromatic heterocycles. The number of aliphatic imine (C=N–C) groups is 1. The smallest absolute Gasteiger partial charge is 0.379 e. The number of nitrogens with zero attached hydrogens (tertiary/aromatic N) is 4. The van der Waals surface area contributed by atoms with Crippen LogP contribution in [0, 0.1) is 11.7 Å². The van der Waals surface area contributed by atoms with Gasteiger partial charge in [-0.05, 0) is 50.2 Å². The number of piperazine rings is 1. The molecule has 2 aromatic rings. The van der Waals surface area contributed by atoms with Gasteiger partial charge in [-0.25, -0.2) is 9.38 Å². The average Bonchev–Trinajstić information content (AvgIpc) is 2.96. The highest BCUT2D eigenvalue weighted by Crippen LogP contribution is 2.38. The number of halogens is 4. The summed E-state index contributed by atoms with van der Waals surface area (Å²) >= 11 is 0. The Morgan fingerprint density at radius 2 is 1.79 bits per heavy atom. The van der Waals surface area contributed by atoms with E-state index in [4.69, 9.17) is 4.74 Å². The fraction of sp³-hybridized carbons (Fsp3) is 0.452. The van der Waals surface area contributed by atoms with Crippen LogP contribution in [0.5, 0.6) is 0 Å². The molecule has 0 bridgehead atoms. The van der Waals surface area contributed by atoms with E-state index in [0.29, 0.717) is 56.4 Å². The van der Waals surface area contributed by atoms with Crippen LogP contribution in [0.15, 0.2) is 53.0 Å². The molecule has 8 nitrogen and oxygen atoms in total. The number of rotatable bonds is 6. The number of morpholine rings is 1. The molecule has 2 amide bonds. The SMILES string of the molecule is C[C@@H]1CN(c2cc(F)c(-c3cccc(CN4CCOCC4)c3)cc2NC(=O)C2C=NC(=O)C=C2C(F)(F)F)C[C@H](C)N1C. The molecule has 5 rings (SSSR count). The normalized spacial score (nSPS) is 23.8. The van der Waals surface area contributed by atoms with Crippen LogP contribution in [-0.2, 0) is 20.9 Å². The van der Waals surface area contributed by atoms with Crippen LogP contribution in [-0.4, -0.2) is 92.5 Å². The van der Waals surface area contributed by atoms with Crippen LogP contribution in [0.4, 0.5) is 28.9 Å². The molecule has 3 aliphatic rings. The number of anilines is 2. The molecule has 3 aliphatic heterocycles. The highest BCUT2D eigenvalue weighted by atomic mass is 19.4. The van der Waals surface area contributed by atoms with Gasteiger partial charge in [-0.1, -0.05) is 18.2 Å². The Kier molecular flexibility index (Phi) is 9.00. The van der Waals surface area contributed by atoms with Crippen LogP contribution >= 0.6 is 0 Å². The third kappa shape index (κ3) is 6.97. The molecule has 1 unspecified atom stereocenters. The van der Waals surface area contributed by atoms with Crippen LogP contribution in [0.3, 0.4) is 0 Å². The molecule has 0 aliphatic carbocycles. The van der Waals surface area contributed by atoms with Crippen LogP contribution in [0.1, 0.15) is 19.4 Å². The number of hydrogen-bond donors (Lipinski definition) is 1. The van der Waals surface area contributed by atoms with Gasteiger partial charge in [0.1, 0.15) is 11.7 Å². The lowest BCUT2D eigenvalue weighted by Crippen LogP contribution is -2.55. The minimum absolute atomic E-state index is 0.100. The van der Waals surface area contributed by atoms with E-state index in [1.54, 1.807) is 6.07 Å². The van der Waals surface area contributed by atoms with E-state index < -0.39 is 35.3 Å². The summed E-state index contributed by atoms with van der Waals surface area (Å²) in [5, 5.41) is 2.63. The van der Waals surface area contributed by atoms with Crippen LogP contribution in [0.2, 0.25) is 0 Å². The minimum Gasteiger partial charge on any atom is -0.379 e. The summed E-state index contributed by atoms with van der Waals surface area (Å²) in [6.45, 7) is 8.62. The zero-order valence-corrected chi connectivity index (χ0v) is 24.3. The van der Waals surface area contributed by atoms with Crippen molar-refractivity contribution in [3.63, 3.8) is 0 Å². The van der Waals surface area contributed by atoms with E-state index in [1.165, 1.54) is 12.1 Å². The second kappa shape index (κ2) is 12.6. The van der Waals surface area contributed by atoms with E-state index in [9.17, 15) is 22.8 Å². The Balaban J connectivity index is 1.52. The summed E-state index contributed by atoms with van der Waals surface area (Å²) in [4.78, 5) is 34.8. The molecule has 230 valence electrons. The predicted octanol–water partition coefficient (Wildman–Crippen LogP) is 4.51. The Hall–Kier alpha value is -3.61. The number of alkyl halides is 3. The third-order valence-corrected chi connectivity index (χ3v) is 8.37. The van der Waals surface area contributed by atoms with Crippen molar-refractivity contribution in [3.8, 4) is 11.1 Å². The highest BCUT2D eigenvalue weighted by Gasteiger charge is 2.43. The lowest BCUT2D eigenvalue weighted by atomic mass is 9.95. The molecule has 0 spiro atoms. The van der Waals surface area contributed by atoms with Crippen molar-refractivity contribution in [2.45, 2.75) is 38.7 Å². The number of carbonyl (C=O) groups is 2. The standard InChI is InChI=1S/C31H35F4N5O3/c1-19-16-40(17-20(2)38(19)3)28-14-26(32)23(22-6-4-5-21(11-22)18-39-7-9-43-10-8-39)12-27(28)37-30(42)24-15-36-29(41)13-25(24)31(33,34)35/h4-6,11-15,19-20,24H,7-10,16-18H2,1-3H3,(H,37,42)/t19-,20+,24?. The summed E-state index contributed by atoms with van der Waals surface area (Å²) in [7, 11) is 2.00. The van der Waals surface area contributed by atoms with Crippen molar-refractivity contribution in [3.05, 3.63) is 59.4 Å². The van der Waals surface area contributed by atoms with Crippen molar-refractivity contribution < 1.29 is 31.9 Å². The number of nitrogens with one attached hydrogen (secondary N) is 1. The van der Waals surface area contributed by atoms with Gasteiger partial charge in [0.2, 0.25) is 5.91 Å². The zero-order chi connectivity index (χ0) is 30.9. The van der Waals surface area contributed by atoms with Crippen LogP contribution in [0.25, 0.3) is 11.1 Å². The van der Waals surface area contributed by atoms with E-state index in [0.717, 1.165) is 18.7 Å². The topological polar surface area (TPSA) is 77.5 Å². The van der Waals surface area contributed by atoms with Crippen molar-refractivity contribution in [2.75, 3.05) is 56.7 Å². The second-order valence-corrected chi connectivity index (χ2v) is 11.4. The molecule has 12 heteroatoms. The first-order valence-corrected chi connectivity index (χ1v) is 14.3. The molecule has 2 fully saturated rings. The molecule has 0 radical (unpaired) electrons. The number of amides is 2. The van der Waals surface area contributed by atoms with Gasteiger partial charge in [0.05, 0.1) is 30.2 Å². The summed E-state index contributed by atoms with van der Waals surface area (Å²) < 4.78 is 62.6. The molecule has 2 saturated heterocycles. The van der Waals surface area contributed by atoms with E-state index in [2.05, 4.69) is 20.1 Å².